The number of nitrogens with zero attached hydrogens (tertiary/aromatic N) is 3. The molecule has 26 heavy (non-hydrogen) atoms. The number of carbonyl (C=O) groups is 2. The molecule has 0 bridgehead atoms. The highest BCUT2D eigenvalue weighted by molar-refractivity contribution is 6.07. The van der Waals surface area contributed by atoms with Crippen LogP contribution < -0.4 is 4.90 Å². The predicted molar refractivity (Wildman–Crippen MR) is 92.4 cm³/mol. The largest absolute Gasteiger partial charge is 0.339 e. The molecule has 0 atom stereocenters. The van der Waals surface area contributed by atoms with Crippen LogP contribution in [0.25, 0.3) is 0 Å². The van der Waals surface area contributed by atoms with Crippen LogP contribution in [0.4, 0.5) is 5.69 Å². The maximum absolute atomic E-state index is 12.9. The zero-order chi connectivity index (χ0) is 18.1. The Labute approximate surface area is 152 Å². The minimum absolute atomic E-state index is 0.0374. The Morgan fingerprint density at radius 2 is 1.88 bits per heavy atom. The van der Waals surface area contributed by atoms with E-state index in [-0.39, 0.29) is 12.5 Å². The number of benzene rings is 1. The van der Waals surface area contributed by atoms with Crippen molar-refractivity contribution >= 4 is 17.5 Å². The molecule has 0 N–H and O–H groups in total. The van der Waals surface area contributed by atoms with Crippen LogP contribution >= 0.6 is 0 Å². The Morgan fingerprint density at radius 3 is 2.58 bits per heavy atom. The van der Waals surface area contributed by atoms with Gasteiger partial charge in [-0.05, 0) is 43.9 Å². The Morgan fingerprint density at radius 1 is 1.15 bits per heavy atom. The molecule has 7 heteroatoms. The van der Waals surface area contributed by atoms with Gasteiger partial charge in [0.25, 0.3) is 17.6 Å². The molecule has 2 fully saturated rings. The average Bonchev–Trinajstić information content (AvgIpc) is 2.91. The van der Waals surface area contributed by atoms with Crippen molar-refractivity contribution < 1.29 is 19.1 Å². The second kappa shape index (κ2) is 6.71. The summed E-state index contributed by atoms with van der Waals surface area (Å²) in [6, 6.07) is 7.15. The number of carbonyl (C=O) groups excluding carboxylic acids is 2. The van der Waals surface area contributed by atoms with Crippen molar-refractivity contribution in [3.63, 3.8) is 0 Å². The van der Waals surface area contributed by atoms with Gasteiger partial charge in [-0.25, -0.2) is 0 Å². The third kappa shape index (κ3) is 2.57. The van der Waals surface area contributed by atoms with Gasteiger partial charge in [0, 0.05) is 24.2 Å². The van der Waals surface area contributed by atoms with Crippen molar-refractivity contribution in [1.82, 2.24) is 4.90 Å². The lowest BCUT2D eigenvalue weighted by Crippen LogP contribution is -2.47. The van der Waals surface area contributed by atoms with Crippen molar-refractivity contribution in [3.05, 3.63) is 29.3 Å². The van der Waals surface area contributed by atoms with Crippen LogP contribution in [0.2, 0.25) is 0 Å². The van der Waals surface area contributed by atoms with Crippen LogP contribution in [0.1, 0.15) is 41.6 Å². The number of ether oxygens (including phenoxy) is 2. The SMILES string of the molecule is N#CCN1C(=O)C2(OCCCO2)c2cc(C(=O)N3CCCCC3)ccc21. The molecule has 3 heterocycles. The second-order valence-electron chi connectivity index (χ2n) is 6.80. The van der Waals surface area contributed by atoms with Crippen LogP contribution in [-0.4, -0.2) is 49.6 Å². The first-order valence-electron chi connectivity index (χ1n) is 9.08. The molecule has 2 saturated heterocycles. The monoisotopic (exact) mass is 355 g/mol. The number of hydrogen-bond donors (Lipinski definition) is 0. The molecule has 0 aliphatic carbocycles. The molecule has 136 valence electrons. The van der Waals surface area contributed by atoms with Crippen molar-refractivity contribution in [2.24, 2.45) is 0 Å². The van der Waals surface area contributed by atoms with Gasteiger partial charge >= 0.3 is 0 Å². The van der Waals surface area contributed by atoms with Crippen LogP contribution in [0.3, 0.4) is 0 Å². The minimum Gasteiger partial charge on any atom is -0.339 e. The Hall–Kier alpha value is -2.43. The molecule has 1 aromatic rings. The summed E-state index contributed by atoms with van der Waals surface area (Å²) in [4.78, 5) is 29.0. The predicted octanol–water partition coefficient (Wildman–Crippen LogP) is 1.77. The van der Waals surface area contributed by atoms with Gasteiger partial charge in [0.05, 0.1) is 25.0 Å². The van der Waals surface area contributed by atoms with Crippen molar-refractivity contribution in [2.75, 3.05) is 37.7 Å². The van der Waals surface area contributed by atoms with E-state index in [9.17, 15) is 9.59 Å². The molecule has 1 spiro atoms. The summed E-state index contributed by atoms with van der Waals surface area (Å²) in [7, 11) is 0. The molecule has 0 unspecified atom stereocenters. The molecule has 3 aliphatic rings. The molecule has 0 saturated carbocycles. The highest BCUT2D eigenvalue weighted by atomic mass is 16.7. The summed E-state index contributed by atoms with van der Waals surface area (Å²) in [6.45, 7) is 2.23. The Bertz CT molecular complexity index is 773. The van der Waals surface area contributed by atoms with Gasteiger partial charge in [-0.2, -0.15) is 5.26 Å². The van der Waals surface area contributed by atoms with E-state index < -0.39 is 11.7 Å². The quantitative estimate of drug-likeness (QED) is 0.755. The van der Waals surface area contributed by atoms with Gasteiger partial charge in [-0.15, -0.1) is 0 Å². The van der Waals surface area contributed by atoms with Crippen LogP contribution in [0, 0.1) is 11.3 Å². The molecule has 0 aromatic heterocycles. The number of hydrogen-bond acceptors (Lipinski definition) is 5. The summed E-state index contributed by atoms with van der Waals surface area (Å²) in [5, 5.41) is 9.08. The lowest BCUT2D eigenvalue weighted by atomic mass is 10.0. The second-order valence-corrected chi connectivity index (χ2v) is 6.80. The summed E-state index contributed by atoms with van der Waals surface area (Å²) in [5.41, 5.74) is 1.63. The normalized spacial score (nSPS) is 21.6. The number of amides is 2. The minimum atomic E-state index is -1.53. The van der Waals surface area contributed by atoms with E-state index in [1.54, 1.807) is 18.2 Å². The zero-order valence-corrected chi connectivity index (χ0v) is 14.6. The Balaban J connectivity index is 1.73. The molecular weight excluding hydrogens is 334 g/mol. The molecule has 0 radical (unpaired) electrons. The van der Waals surface area contributed by atoms with Crippen molar-refractivity contribution in [1.29, 1.82) is 5.26 Å². The molecule has 3 aliphatic heterocycles. The number of fused-ring (bicyclic) bond motifs is 2. The topological polar surface area (TPSA) is 82.9 Å². The zero-order valence-electron chi connectivity index (χ0n) is 14.6. The summed E-state index contributed by atoms with van der Waals surface area (Å²) in [6.07, 6.45) is 3.88. The van der Waals surface area contributed by atoms with Crippen LogP contribution in [0.5, 0.6) is 0 Å². The van der Waals surface area contributed by atoms with E-state index in [0.717, 1.165) is 32.4 Å². The summed E-state index contributed by atoms with van der Waals surface area (Å²) in [5.74, 6) is -1.95. The first-order chi connectivity index (χ1) is 12.7. The van der Waals surface area contributed by atoms with Crippen LogP contribution in [-0.2, 0) is 20.1 Å². The highest BCUT2D eigenvalue weighted by Gasteiger charge is 2.55. The standard InChI is InChI=1S/C19H21N3O4/c20-7-10-22-16-6-5-14(17(23)21-8-2-1-3-9-21)13-15(16)19(18(22)24)25-11-4-12-26-19/h5-6,13H,1-4,8-12H2. The first kappa shape index (κ1) is 17.0. The maximum Gasteiger partial charge on any atom is 0.293 e. The fraction of sp³-hybridized carbons (Fsp3) is 0.526. The fourth-order valence-corrected chi connectivity index (χ4v) is 3.89. The number of likely N-dealkylation sites (tertiary alicyclic amines) is 1. The van der Waals surface area contributed by atoms with Gasteiger partial charge in [0.1, 0.15) is 6.54 Å². The number of piperidine rings is 1. The smallest absolute Gasteiger partial charge is 0.293 e. The van der Waals surface area contributed by atoms with Gasteiger partial charge < -0.3 is 14.4 Å². The fourth-order valence-electron chi connectivity index (χ4n) is 3.89. The van der Waals surface area contributed by atoms with Crippen LogP contribution in [0.15, 0.2) is 18.2 Å². The van der Waals surface area contributed by atoms with E-state index >= 15 is 0 Å². The first-order valence-corrected chi connectivity index (χ1v) is 9.08. The van der Waals surface area contributed by atoms with Gasteiger partial charge in [-0.1, -0.05) is 0 Å². The molecular formula is C19H21N3O4. The molecule has 2 amide bonds. The van der Waals surface area contributed by atoms with Crippen molar-refractivity contribution in [2.45, 2.75) is 31.5 Å². The third-order valence-corrected chi connectivity index (χ3v) is 5.19. The van der Waals surface area contributed by atoms with Gasteiger partial charge in [0.2, 0.25) is 0 Å². The Kier molecular flexibility index (Phi) is 4.39. The average molecular weight is 355 g/mol. The van der Waals surface area contributed by atoms with E-state index in [1.807, 2.05) is 11.0 Å². The van der Waals surface area contributed by atoms with Crippen molar-refractivity contribution in [3.8, 4) is 6.07 Å². The third-order valence-electron chi connectivity index (χ3n) is 5.19. The molecule has 1 aromatic carbocycles. The maximum atomic E-state index is 12.9. The van der Waals surface area contributed by atoms with E-state index in [4.69, 9.17) is 14.7 Å². The molecule has 4 rings (SSSR count). The lowest BCUT2D eigenvalue weighted by molar-refractivity contribution is -0.256. The van der Waals surface area contributed by atoms with E-state index in [0.29, 0.717) is 36.4 Å². The van der Waals surface area contributed by atoms with E-state index in [2.05, 4.69) is 0 Å². The number of rotatable bonds is 2. The van der Waals surface area contributed by atoms with Gasteiger partial charge in [0.15, 0.2) is 0 Å². The summed E-state index contributed by atoms with van der Waals surface area (Å²) < 4.78 is 11.5. The van der Waals surface area contributed by atoms with Gasteiger partial charge in [-0.3, -0.25) is 14.5 Å². The van der Waals surface area contributed by atoms with E-state index in [1.165, 1.54) is 4.90 Å². The lowest BCUT2D eigenvalue weighted by Gasteiger charge is -2.32. The summed E-state index contributed by atoms with van der Waals surface area (Å²) >= 11 is 0. The highest BCUT2D eigenvalue weighted by Crippen LogP contribution is 2.45. The molecule has 7 nitrogen and oxygen atoms in total. The number of anilines is 1. The number of nitriles is 1.